The number of aromatic hydroxyl groups is 1. The van der Waals surface area contributed by atoms with E-state index < -0.39 is 0 Å². The van der Waals surface area contributed by atoms with Gasteiger partial charge in [0.2, 0.25) is 5.75 Å². The van der Waals surface area contributed by atoms with Crippen molar-refractivity contribution in [3.05, 3.63) is 40.9 Å². The summed E-state index contributed by atoms with van der Waals surface area (Å²) in [6.45, 7) is 4.47. The first-order valence-corrected chi connectivity index (χ1v) is 9.36. The maximum absolute atomic E-state index is 12.5. The molecule has 0 amide bonds. The van der Waals surface area contributed by atoms with Gasteiger partial charge in [0, 0.05) is 12.4 Å². The average molecular weight is 359 g/mol. The quantitative estimate of drug-likeness (QED) is 0.484. The van der Waals surface area contributed by atoms with E-state index in [4.69, 9.17) is 9.47 Å². The Hall–Kier alpha value is -2.43. The number of aromatic nitrogens is 1. The zero-order chi connectivity index (χ0) is 18.9. The topological polar surface area (TPSA) is 60.7 Å². The SMILES string of the molecule is CC=COc1ccc2c(c1)c(O)c(OCCCCCCCC)c(=O)n2C. The summed E-state index contributed by atoms with van der Waals surface area (Å²) in [6, 6.07) is 5.23. The molecule has 1 N–H and O–H groups in total. The fourth-order valence-corrected chi connectivity index (χ4v) is 2.89. The van der Waals surface area contributed by atoms with Crippen LogP contribution in [0, 0.1) is 0 Å². The maximum atomic E-state index is 12.5. The summed E-state index contributed by atoms with van der Waals surface area (Å²) in [6.07, 6.45) is 10.2. The number of benzene rings is 1. The molecule has 1 heterocycles. The fourth-order valence-electron chi connectivity index (χ4n) is 2.89. The van der Waals surface area contributed by atoms with E-state index in [1.807, 2.05) is 6.92 Å². The number of aryl methyl sites for hydroxylation is 1. The average Bonchev–Trinajstić information content (AvgIpc) is 2.66. The number of unbranched alkanes of at least 4 members (excludes halogenated alkanes) is 5. The van der Waals surface area contributed by atoms with Crippen LogP contribution in [0.1, 0.15) is 52.4 Å². The second-order valence-electron chi connectivity index (χ2n) is 6.42. The molecule has 0 aliphatic heterocycles. The molecule has 0 aliphatic carbocycles. The molecule has 0 aliphatic rings. The minimum Gasteiger partial charge on any atom is -0.504 e. The molecule has 2 aromatic rings. The highest BCUT2D eigenvalue weighted by Crippen LogP contribution is 2.33. The van der Waals surface area contributed by atoms with Crippen LogP contribution >= 0.6 is 0 Å². The monoisotopic (exact) mass is 359 g/mol. The number of pyridine rings is 1. The van der Waals surface area contributed by atoms with Gasteiger partial charge >= 0.3 is 0 Å². The second kappa shape index (κ2) is 9.90. The normalized spacial score (nSPS) is 11.3. The number of ether oxygens (including phenoxy) is 2. The lowest BCUT2D eigenvalue weighted by Crippen LogP contribution is -2.20. The van der Waals surface area contributed by atoms with E-state index in [1.165, 1.54) is 30.3 Å². The van der Waals surface area contributed by atoms with Crippen LogP contribution in [0.2, 0.25) is 0 Å². The smallest absolute Gasteiger partial charge is 0.297 e. The molecular formula is C21H29NO4. The summed E-state index contributed by atoms with van der Waals surface area (Å²) in [5.74, 6) is 0.475. The number of nitrogens with zero attached hydrogens (tertiary/aromatic N) is 1. The van der Waals surface area contributed by atoms with E-state index in [0.29, 0.717) is 23.3 Å². The third-order valence-corrected chi connectivity index (χ3v) is 4.38. The molecule has 0 saturated heterocycles. The fraction of sp³-hybridized carbons (Fsp3) is 0.476. The van der Waals surface area contributed by atoms with Gasteiger partial charge in [-0.3, -0.25) is 4.79 Å². The van der Waals surface area contributed by atoms with Crippen molar-refractivity contribution in [3.8, 4) is 17.2 Å². The molecule has 0 bridgehead atoms. The Labute approximate surface area is 154 Å². The summed E-state index contributed by atoms with van der Waals surface area (Å²) >= 11 is 0. The third-order valence-electron chi connectivity index (χ3n) is 4.38. The predicted octanol–water partition coefficient (Wildman–Crippen LogP) is 4.90. The summed E-state index contributed by atoms with van der Waals surface area (Å²) in [7, 11) is 1.67. The van der Waals surface area contributed by atoms with Crippen molar-refractivity contribution >= 4 is 10.9 Å². The number of rotatable bonds is 10. The maximum Gasteiger partial charge on any atom is 0.297 e. The van der Waals surface area contributed by atoms with Gasteiger partial charge < -0.3 is 19.1 Å². The van der Waals surface area contributed by atoms with Crippen molar-refractivity contribution in [1.29, 1.82) is 0 Å². The molecule has 2 rings (SSSR count). The van der Waals surface area contributed by atoms with Gasteiger partial charge in [-0.05, 0) is 31.5 Å². The molecule has 26 heavy (non-hydrogen) atoms. The van der Waals surface area contributed by atoms with Gasteiger partial charge in [-0.1, -0.05) is 45.1 Å². The zero-order valence-corrected chi connectivity index (χ0v) is 16.0. The van der Waals surface area contributed by atoms with E-state index in [1.54, 1.807) is 37.6 Å². The first kappa shape index (κ1) is 19.9. The number of fused-ring (bicyclic) bond motifs is 1. The molecule has 0 unspecified atom stereocenters. The van der Waals surface area contributed by atoms with Gasteiger partial charge in [-0.25, -0.2) is 0 Å². The van der Waals surface area contributed by atoms with Crippen LogP contribution in [-0.4, -0.2) is 16.3 Å². The summed E-state index contributed by atoms with van der Waals surface area (Å²) < 4.78 is 12.6. The molecular weight excluding hydrogens is 330 g/mol. The minimum atomic E-state index is -0.330. The van der Waals surface area contributed by atoms with Crippen LogP contribution in [0.4, 0.5) is 0 Å². The lowest BCUT2D eigenvalue weighted by molar-refractivity contribution is 0.284. The van der Waals surface area contributed by atoms with Gasteiger partial charge in [0.05, 0.1) is 18.4 Å². The molecule has 1 aromatic carbocycles. The molecule has 0 atom stereocenters. The minimum absolute atomic E-state index is 0.0109. The highest BCUT2D eigenvalue weighted by Gasteiger charge is 2.16. The number of hydrogen-bond acceptors (Lipinski definition) is 4. The van der Waals surface area contributed by atoms with Crippen LogP contribution in [0.5, 0.6) is 17.2 Å². The van der Waals surface area contributed by atoms with Gasteiger partial charge in [0.1, 0.15) is 5.75 Å². The molecule has 5 nitrogen and oxygen atoms in total. The van der Waals surface area contributed by atoms with Crippen molar-refractivity contribution in [3.63, 3.8) is 0 Å². The molecule has 5 heteroatoms. The van der Waals surface area contributed by atoms with Gasteiger partial charge in [0.15, 0.2) is 5.75 Å². The largest absolute Gasteiger partial charge is 0.504 e. The first-order chi connectivity index (χ1) is 12.6. The van der Waals surface area contributed by atoms with Crippen molar-refractivity contribution in [2.45, 2.75) is 52.4 Å². The third kappa shape index (κ3) is 4.81. The Kier molecular flexibility index (Phi) is 7.57. The van der Waals surface area contributed by atoms with Crippen molar-refractivity contribution < 1.29 is 14.6 Å². The Morgan fingerprint density at radius 1 is 1.15 bits per heavy atom. The summed E-state index contributed by atoms with van der Waals surface area (Å²) in [5.41, 5.74) is 0.301. The van der Waals surface area contributed by atoms with Crippen LogP contribution in [0.15, 0.2) is 35.3 Å². The summed E-state index contributed by atoms with van der Waals surface area (Å²) in [4.78, 5) is 12.5. The molecule has 142 valence electrons. The predicted molar refractivity (Wildman–Crippen MR) is 105 cm³/mol. The second-order valence-corrected chi connectivity index (χ2v) is 6.42. The Balaban J connectivity index is 2.16. The molecule has 0 saturated carbocycles. The lowest BCUT2D eigenvalue weighted by Gasteiger charge is -2.13. The van der Waals surface area contributed by atoms with Gasteiger partial charge in [-0.2, -0.15) is 0 Å². The van der Waals surface area contributed by atoms with Crippen molar-refractivity contribution in [2.75, 3.05) is 6.61 Å². The molecule has 1 aromatic heterocycles. The Bertz CT molecular complexity index is 808. The van der Waals surface area contributed by atoms with Crippen LogP contribution in [0.25, 0.3) is 10.9 Å². The van der Waals surface area contributed by atoms with Crippen LogP contribution in [-0.2, 0) is 7.05 Å². The van der Waals surface area contributed by atoms with Crippen LogP contribution < -0.4 is 15.0 Å². The number of allylic oxidation sites excluding steroid dienone is 1. The Morgan fingerprint density at radius 2 is 1.88 bits per heavy atom. The van der Waals surface area contributed by atoms with E-state index >= 15 is 0 Å². The Morgan fingerprint density at radius 3 is 2.62 bits per heavy atom. The zero-order valence-electron chi connectivity index (χ0n) is 16.0. The number of hydrogen-bond donors (Lipinski definition) is 1. The van der Waals surface area contributed by atoms with E-state index in [9.17, 15) is 9.90 Å². The van der Waals surface area contributed by atoms with Gasteiger partial charge in [0.25, 0.3) is 5.56 Å². The van der Waals surface area contributed by atoms with Gasteiger partial charge in [-0.15, -0.1) is 0 Å². The first-order valence-electron chi connectivity index (χ1n) is 9.36. The van der Waals surface area contributed by atoms with Crippen LogP contribution in [0.3, 0.4) is 0 Å². The highest BCUT2D eigenvalue weighted by molar-refractivity contribution is 5.88. The summed E-state index contributed by atoms with van der Waals surface area (Å²) in [5, 5.41) is 11.1. The van der Waals surface area contributed by atoms with E-state index in [0.717, 1.165) is 12.8 Å². The van der Waals surface area contributed by atoms with Crippen molar-refractivity contribution in [2.24, 2.45) is 7.05 Å². The lowest BCUT2D eigenvalue weighted by atomic mass is 10.1. The standard InChI is InChI=1S/C21H29NO4/c1-4-6-7-8-9-10-14-26-20-19(23)17-15-16(25-13-5-2)11-12-18(17)22(3)21(20)24/h5,11-13,15,23H,4,6-10,14H2,1-3H3. The molecule has 0 spiro atoms. The molecule has 0 radical (unpaired) electrons. The highest BCUT2D eigenvalue weighted by atomic mass is 16.5. The molecule has 0 fully saturated rings. The van der Waals surface area contributed by atoms with E-state index in [-0.39, 0.29) is 17.1 Å². The van der Waals surface area contributed by atoms with E-state index in [2.05, 4.69) is 6.92 Å². The van der Waals surface area contributed by atoms with Crippen molar-refractivity contribution in [1.82, 2.24) is 4.57 Å².